The Morgan fingerprint density at radius 2 is 1.38 bits per heavy atom. The van der Waals surface area contributed by atoms with Crippen LogP contribution < -0.4 is 21.7 Å². The summed E-state index contributed by atoms with van der Waals surface area (Å²) >= 11 is 11.7. The van der Waals surface area contributed by atoms with Crippen LogP contribution in [0.5, 0.6) is 0 Å². The highest BCUT2D eigenvalue weighted by atomic mass is 32.1. The minimum Gasteiger partial charge on any atom is -0.480 e. The van der Waals surface area contributed by atoms with Gasteiger partial charge in [-0.2, -0.15) is 37.9 Å². The van der Waals surface area contributed by atoms with E-state index in [9.17, 15) is 24.3 Å². The van der Waals surface area contributed by atoms with Gasteiger partial charge >= 0.3 is 5.97 Å². The lowest BCUT2D eigenvalue weighted by Gasteiger charge is -2.25. The van der Waals surface area contributed by atoms with Crippen molar-refractivity contribution in [3.63, 3.8) is 0 Å². The average molecular weight is 429 g/mol. The van der Waals surface area contributed by atoms with Crippen LogP contribution in [-0.4, -0.2) is 81.4 Å². The molecule has 3 amide bonds. The van der Waals surface area contributed by atoms with Gasteiger partial charge in [0.25, 0.3) is 0 Å². The third-order valence-corrected chi connectivity index (χ3v) is 4.33. The first-order valence-electron chi connectivity index (χ1n) is 7.49. The summed E-state index contributed by atoms with van der Waals surface area (Å²) in [5.41, 5.74) is 5.50. The number of hydrogen-bond donors (Lipinski definition) is 9. The lowest BCUT2D eigenvalue weighted by Crippen LogP contribution is -2.60. The van der Waals surface area contributed by atoms with Crippen LogP contribution in [0.25, 0.3) is 0 Å². The van der Waals surface area contributed by atoms with E-state index in [-0.39, 0.29) is 17.3 Å². The van der Waals surface area contributed by atoms with Crippen molar-refractivity contribution < 1.29 is 29.4 Å². The van der Waals surface area contributed by atoms with Gasteiger partial charge in [-0.05, 0) is 6.92 Å². The molecule has 0 aliphatic heterocycles. The second-order valence-electron chi connectivity index (χ2n) is 5.34. The Hall–Kier alpha value is -1.15. The summed E-state index contributed by atoms with van der Waals surface area (Å²) in [5, 5.41) is 25.4. The second kappa shape index (κ2) is 12.3. The Bertz CT molecular complexity index is 522. The number of thiol groups is 3. The monoisotopic (exact) mass is 428 g/mol. The third-order valence-electron chi connectivity index (χ3n) is 3.21. The summed E-state index contributed by atoms with van der Waals surface area (Å²) in [6, 6.07) is -4.79. The molecule has 5 unspecified atom stereocenters. The van der Waals surface area contributed by atoms with Gasteiger partial charge in [-0.15, -0.1) is 0 Å². The molecule has 0 aliphatic carbocycles. The lowest BCUT2D eigenvalue weighted by atomic mass is 10.1. The van der Waals surface area contributed by atoms with Crippen molar-refractivity contribution in [2.45, 2.75) is 37.2 Å². The summed E-state index contributed by atoms with van der Waals surface area (Å²) in [7, 11) is 0. The molecule has 7 N–H and O–H groups in total. The molecule has 26 heavy (non-hydrogen) atoms. The Morgan fingerprint density at radius 3 is 1.77 bits per heavy atom. The molecule has 13 heteroatoms. The van der Waals surface area contributed by atoms with E-state index < -0.39 is 54.0 Å². The average Bonchev–Trinajstić information content (AvgIpc) is 2.59. The zero-order valence-electron chi connectivity index (χ0n) is 14.0. The number of aliphatic hydroxyl groups excluding tert-OH is 1. The fourth-order valence-electron chi connectivity index (χ4n) is 1.66. The molecule has 0 aromatic carbocycles. The van der Waals surface area contributed by atoms with Crippen LogP contribution in [0, 0.1) is 0 Å². The number of hydrogen-bond acceptors (Lipinski definition) is 9. The number of aliphatic hydroxyl groups is 1. The van der Waals surface area contributed by atoms with Crippen LogP contribution in [0.3, 0.4) is 0 Å². The van der Waals surface area contributed by atoms with Crippen molar-refractivity contribution in [3.8, 4) is 0 Å². The zero-order chi connectivity index (χ0) is 20.4. The van der Waals surface area contributed by atoms with Crippen molar-refractivity contribution in [1.29, 1.82) is 0 Å². The van der Waals surface area contributed by atoms with E-state index in [0.717, 1.165) is 0 Å². The van der Waals surface area contributed by atoms with Gasteiger partial charge in [-0.3, -0.25) is 14.4 Å². The highest BCUT2D eigenvalue weighted by Crippen LogP contribution is 1.99. The molecule has 0 saturated carbocycles. The molecular formula is C13H24N4O6S3. The molecule has 0 aromatic heterocycles. The first kappa shape index (κ1) is 24.8. The fourth-order valence-corrected chi connectivity index (χ4v) is 2.33. The minimum atomic E-state index is -1.44. The van der Waals surface area contributed by atoms with Gasteiger partial charge < -0.3 is 31.9 Å². The number of carbonyl (C=O) groups is 4. The largest absolute Gasteiger partial charge is 0.480 e. The van der Waals surface area contributed by atoms with Crippen molar-refractivity contribution in [3.05, 3.63) is 0 Å². The number of carbonyl (C=O) groups excluding carboxylic acids is 3. The van der Waals surface area contributed by atoms with E-state index in [0.29, 0.717) is 0 Å². The van der Waals surface area contributed by atoms with Gasteiger partial charge in [0, 0.05) is 17.3 Å². The highest BCUT2D eigenvalue weighted by molar-refractivity contribution is 7.80. The first-order valence-corrected chi connectivity index (χ1v) is 9.38. The van der Waals surface area contributed by atoms with Crippen molar-refractivity contribution in [1.82, 2.24) is 16.0 Å². The summed E-state index contributed by atoms with van der Waals surface area (Å²) in [5.74, 6) is -3.87. The van der Waals surface area contributed by atoms with Gasteiger partial charge in [0.2, 0.25) is 17.7 Å². The van der Waals surface area contributed by atoms with Crippen LogP contribution in [-0.2, 0) is 19.2 Å². The SMILES string of the molecule is CC(O)C(NC(=O)C(CS)NC(=O)C(N)CS)C(=O)NC(CS)C(=O)O. The molecule has 0 aliphatic rings. The van der Waals surface area contributed by atoms with Crippen LogP contribution in [0.15, 0.2) is 0 Å². The molecule has 0 radical (unpaired) electrons. The molecule has 0 aromatic rings. The fraction of sp³-hybridized carbons (Fsp3) is 0.692. The molecule has 150 valence electrons. The number of nitrogens with two attached hydrogens (primary N) is 1. The zero-order valence-corrected chi connectivity index (χ0v) is 16.6. The first-order chi connectivity index (χ1) is 12.1. The van der Waals surface area contributed by atoms with Crippen LogP contribution in [0.1, 0.15) is 6.92 Å². The molecule has 0 bridgehead atoms. The number of rotatable bonds is 11. The Kier molecular flexibility index (Phi) is 11.7. The minimum absolute atomic E-state index is 0.0613. The van der Waals surface area contributed by atoms with E-state index in [1.54, 1.807) is 0 Å². The molecular weight excluding hydrogens is 404 g/mol. The normalized spacial score (nSPS) is 16.5. The molecule has 10 nitrogen and oxygen atoms in total. The van der Waals surface area contributed by atoms with Crippen molar-refractivity contribution >= 4 is 61.6 Å². The van der Waals surface area contributed by atoms with E-state index >= 15 is 0 Å². The Labute approximate surface area is 167 Å². The van der Waals surface area contributed by atoms with E-state index in [2.05, 4.69) is 53.8 Å². The topological polar surface area (TPSA) is 171 Å². The lowest BCUT2D eigenvalue weighted by molar-refractivity contribution is -0.142. The predicted molar refractivity (Wildman–Crippen MR) is 105 cm³/mol. The molecule has 0 rings (SSSR count). The predicted octanol–water partition coefficient (Wildman–Crippen LogP) is -2.98. The van der Waals surface area contributed by atoms with Gasteiger partial charge in [-0.1, -0.05) is 0 Å². The number of carboxylic acid groups (broad SMARTS) is 1. The number of nitrogens with one attached hydrogen (secondary N) is 3. The smallest absolute Gasteiger partial charge is 0.327 e. The van der Waals surface area contributed by atoms with Gasteiger partial charge in [0.1, 0.15) is 18.1 Å². The number of amides is 3. The summed E-state index contributed by atoms with van der Waals surface area (Å²) in [4.78, 5) is 47.2. The number of carboxylic acids is 1. The molecule has 0 saturated heterocycles. The molecule has 5 atom stereocenters. The van der Waals surface area contributed by atoms with Crippen LogP contribution in [0.4, 0.5) is 0 Å². The third kappa shape index (κ3) is 8.03. The maximum atomic E-state index is 12.3. The van der Waals surface area contributed by atoms with Gasteiger partial charge in [0.05, 0.1) is 12.1 Å². The summed E-state index contributed by atoms with van der Waals surface area (Å²) < 4.78 is 0. The maximum Gasteiger partial charge on any atom is 0.327 e. The van der Waals surface area contributed by atoms with Crippen LogP contribution in [0.2, 0.25) is 0 Å². The quantitative estimate of drug-likeness (QED) is 0.158. The van der Waals surface area contributed by atoms with Crippen molar-refractivity contribution in [2.24, 2.45) is 5.73 Å². The molecule has 0 spiro atoms. The van der Waals surface area contributed by atoms with E-state index in [1.807, 2.05) is 0 Å². The molecule has 0 fully saturated rings. The number of aliphatic carboxylic acids is 1. The van der Waals surface area contributed by atoms with Crippen molar-refractivity contribution in [2.75, 3.05) is 17.3 Å². The standard InChI is InChI=1S/C13H24N4O6S3/c1-5(18)9(12(21)16-8(4-26)13(22)23)17-11(20)7(3-25)15-10(19)6(14)2-24/h5-9,18,24-26H,2-4,14H2,1H3,(H,15,19)(H,16,21)(H,17,20)(H,22,23). The maximum absolute atomic E-state index is 12.3. The van der Waals surface area contributed by atoms with E-state index in [4.69, 9.17) is 10.8 Å². The Balaban J connectivity index is 5.06. The van der Waals surface area contributed by atoms with Gasteiger partial charge in [-0.25, -0.2) is 4.79 Å². The summed E-state index contributed by atoms with van der Waals surface area (Å²) in [6.07, 6.45) is -1.33. The van der Waals surface area contributed by atoms with E-state index in [1.165, 1.54) is 6.92 Å². The van der Waals surface area contributed by atoms with Gasteiger partial charge in [0.15, 0.2) is 0 Å². The second-order valence-corrected chi connectivity index (χ2v) is 6.44. The van der Waals surface area contributed by atoms with Crippen LogP contribution >= 0.6 is 37.9 Å². The Morgan fingerprint density at radius 1 is 0.885 bits per heavy atom. The molecule has 0 heterocycles. The highest BCUT2D eigenvalue weighted by Gasteiger charge is 2.31. The summed E-state index contributed by atoms with van der Waals surface area (Å²) in [6.45, 7) is 1.24.